The fourth-order valence-corrected chi connectivity index (χ4v) is 3.35. The number of aromatic amines is 1. The highest BCUT2D eigenvalue weighted by Crippen LogP contribution is 2.38. The monoisotopic (exact) mass is 529 g/mol. The molecule has 4 N–H and O–H groups in total. The van der Waals surface area contributed by atoms with Crippen LogP contribution < -0.4 is 16.6 Å². The fraction of sp³-hybridized carbons (Fsp3) is 0.611. The summed E-state index contributed by atoms with van der Waals surface area (Å²) in [6.45, 7) is 2.30. The van der Waals surface area contributed by atoms with Crippen molar-refractivity contribution < 1.29 is 51.1 Å². The van der Waals surface area contributed by atoms with Crippen LogP contribution in [0.5, 0.6) is 0 Å². The van der Waals surface area contributed by atoms with E-state index in [1.807, 2.05) is 4.98 Å². The molecule has 0 saturated carbocycles. The molecule has 4 atom stereocenters. The number of nitrogens with one attached hydrogen (secondary N) is 2. The summed E-state index contributed by atoms with van der Waals surface area (Å²) in [6.07, 6.45) is -7.81. The van der Waals surface area contributed by atoms with Crippen LogP contribution in [0.1, 0.15) is 32.1 Å². The van der Waals surface area contributed by atoms with E-state index in [0.29, 0.717) is 6.61 Å². The Morgan fingerprint density at radius 1 is 1.43 bits per heavy atom. The Balaban J connectivity index is 2.23. The van der Waals surface area contributed by atoms with Crippen LogP contribution in [0.2, 0.25) is 0 Å². The number of phosphoric acid groups is 1. The van der Waals surface area contributed by atoms with Gasteiger partial charge in [-0.05, 0) is 13.8 Å². The summed E-state index contributed by atoms with van der Waals surface area (Å²) >= 11 is 0. The van der Waals surface area contributed by atoms with Crippen molar-refractivity contribution in [3.05, 3.63) is 32.6 Å². The van der Waals surface area contributed by atoms with Crippen LogP contribution in [0.15, 0.2) is 15.8 Å². The van der Waals surface area contributed by atoms with E-state index in [2.05, 4.69) is 16.4 Å². The van der Waals surface area contributed by atoms with Crippen LogP contribution in [0, 0.1) is 11.8 Å². The second-order valence-corrected chi connectivity index (χ2v) is 8.28. The highest BCUT2D eigenvalue weighted by Gasteiger charge is 2.40. The minimum atomic E-state index is -5.09. The van der Waals surface area contributed by atoms with Crippen molar-refractivity contribution in [2.75, 3.05) is 19.8 Å². The summed E-state index contributed by atoms with van der Waals surface area (Å²) in [6, 6.07) is 0. The number of hydrogen-bond acceptors (Lipinski definition) is 8. The molecule has 196 valence electrons. The first-order valence-corrected chi connectivity index (χ1v) is 11.6. The van der Waals surface area contributed by atoms with E-state index in [1.54, 1.807) is 13.8 Å². The first-order chi connectivity index (χ1) is 16.2. The van der Waals surface area contributed by atoms with Gasteiger partial charge in [-0.1, -0.05) is 11.8 Å². The molecule has 0 bridgehead atoms. The van der Waals surface area contributed by atoms with Crippen molar-refractivity contribution in [1.29, 1.82) is 0 Å². The van der Waals surface area contributed by atoms with Gasteiger partial charge in [0.1, 0.15) is 17.9 Å². The molecule has 1 aromatic heterocycles. The highest BCUT2D eigenvalue weighted by molar-refractivity contribution is 7.46. The summed E-state index contributed by atoms with van der Waals surface area (Å²) in [5, 5.41) is 1.51. The lowest BCUT2D eigenvalue weighted by Crippen LogP contribution is -2.37. The number of alkyl halides is 3. The van der Waals surface area contributed by atoms with E-state index >= 15 is 0 Å². The average Bonchev–Trinajstić information content (AvgIpc) is 3.12. The number of carbonyl (C=O) groups excluding carboxylic acids is 1. The van der Waals surface area contributed by atoms with Crippen molar-refractivity contribution >= 4 is 13.7 Å². The smallest absolute Gasteiger partial charge is 0.353 e. The van der Waals surface area contributed by atoms with E-state index in [0.717, 1.165) is 10.8 Å². The number of rotatable bonds is 9. The van der Waals surface area contributed by atoms with Gasteiger partial charge in [0.25, 0.3) is 5.56 Å². The molecule has 1 fully saturated rings. The molecule has 35 heavy (non-hydrogen) atoms. The van der Waals surface area contributed by atoms with E-state index < -0.39 is 69.0 Å². The zero-order valence-electron chi connectivity index (χ0n) is 18.4. The van der Waals surface area contributed by atoms with Crippen LogP contribution in [-0.4, -0.2) is 69.7 Å². The summed E-state index contributed by atoms with van der Waals surface area (Å²) < 4.78 is 69.7. The van der Waals surface area contributed by atoms with Gasteiger partial charge in [0.2, 0.25) is 0 Å². The molecule has 0 radical (unpaired) electrons. The van der Waals surface area contributed by atoms with Crippen molar-refractivity contribution in [2.45, 2.75) is 51.2 Å². The summed E-state index contributed by atoms with van der Waals surface area (Å²) in [7, 11) is -4.84. The zero-order valence-corrected chi connectivity index (χ0v) is 19.3. The second kappa shape index (κ2) is 12.0. The minimum Gasteiger partial charge on any atom is -0.353 e. The van der Waals surface area contributed by atoms with Crippen molar-refractivity contribution in [2.24, 2.45) is 0 Å². The number of amides is 1. The maximum Gasteiger partial charge on any atom is 0.471 e. The second-order valence-electron chi connectivity index (χ2n) is 7.04. The molecule has 1 aromatic rings. The first kappa shape index (κ1) is 28.7. The Bertz CT molecular complexity index is 1120. The van der Waals surface area contributed by atoms with Gasteiger partial charge in [0, 0.05) is 19.2 Å². The third kappa shape index (κ3) is 8.89. The fourth-order valence-electron chi connectivity index (χ4n) is 3.01. The number of phosphoric ester groups is 1. The summed E-state index contributed by atoms with van der Waals surface area (Å²) in [4.78, 5) is 55.1. The molecule has 0 spiro atoms. The molecule has 1 unspecified atom stereocenters. The molecule has 0 aromatic carbocycles. The van der Waals surface area contributed by atoms with Gasteiger partial charge < -0.3 is 29.3 Å². The maximum atomic E-state index is 12.3. The van der Waals surface area contributed by atoms with Gasteiger partial charge in [-0.15, -0.1) is 0 Å². The lowest BCUT2D eigenvalue weighted by molar-refractivity contribution is -0.173. The van der Waals surface area contributed by atoms with Gasteiger partial charge >= 0.3 is 25.6 Å². The largest absolute Gasteiger partial charge is 0.471 e. The van der Waals surface area contributed by atoms with Gasteiger partial charge in [-0.3, -0.25) is 23.7 Å². The predicted molar refractivity (Wildman–Crippen MR) is 110 cm³/mol. The van der Waals surface area contributed by atoms with Crippen LogP contribution >= 0.6 is 7.82 Å². The van der Waals surface area contributed by atoms with Crippen molar-refractivity contribution in [1.82, 2.24) is 14.9 Å². The minimum absolute atomic E-state index is 0.0208. The Labute approximate surface area is 195 Å². The topological polar surface area (TPSA) is 178 Å². The molecule has 0 aliphatic carbocycles. The van der Waals surface area contributed by atoms with Crippen molar-refractivity contribution in [3.8, 4) is 11.8 Å². The number of aromatic nitrogens is 2. The molecule has 2 rings (SSSR count). The zero-order chi connectivity index (χ0) is 26.4. The Morgan fingerprint density at radius 3 is 2.71 bits per heavy atom. The van der Waals surface area contributed by atoms with E-state index in [9.17, 15) is 32.1 Å². The standard InChI is InChI=1S/C18H23F3N3O10P/c1-3-31-10(2)33-12-7-14(34-13(12)9-32-35(28,29)30)24-8-11(15(25)23-17(24)27)5-4-6-22-16(26)18(19,20)21/h8,10,12-14H,3,6-7,9H2,1-2H3,(H,22,26)(H,23,25,27)(H2,28,29,30)/t10-,12?,13+,14+/m0/s1. The number of ether oxygens (including phenoxy) is 3. The van der Waals surface area contributed by atoms with Gasteiger partial charge in [-0.25, -0.2) is 9.36 Å². The molecule has 13 nitrogen and oxygen atoms in total. The van der Waals surface area contributed by atoms with Crippen molar-refractivity contribution in [3.63, 3.8) is 0 Å². The number of carbonyl (C=O) groups is 1. The number of H-pyrrole nitrogens is 1. The Morgan fingerprint density at radius 2 is 2.11 bits per heavy atom. The first-order valence-electron chi connectivity index (χ1n) is 10.0. The van der Waals surface area contributed by atoms with Gasteiger partial charge in [-0.2, -0.15) is 13.2 Å². The van der Waals surface area contributed by atoms with E-state index in [4.69, 9.17) is 24.0 Å². The van der Waals surface area contributed by atoms with Gasteiger partial charge in [0.15, 0.2) is 6.29 Å². The lowest BCUT2D eigenvalue weighted by Gasteiger charge is -2.22. The van der Waals surface area contributed by atoms with Gasteiger partial charge in [0.05, 0.1) is 19.3 Å². The molecular weight excluding hydrogens is 506 g/mol. The lowest BCUT2D eigenvalue weighted by atomic mass is 10.2. The maximum absolute atomic E-state index is 12.3. The highest BCUT2D eigenvalue weighted by atomic mass is 31.2. The average molecular weight is 529 g/mol. The van der Waals surface area contributed by atoms with E-state index in [-0.39, 0.29) is 12.0 Å². The number of halogens is 3. The third-order valence-corrected chi connectivity index (χ3v) is 4.94. The molecular formula is C18H23F3N3O10P. The molecule has 1 amide bonds. The predicted octanol–water partition coefficient (Wildman–Crippen LogP) is -0.269. The summed E-state index contributed by atoms with van der Waals surface area (Å²) in [5.74, 6) is 2.22. The quantitative estimate of drug-likeness (QED) is 0.189. The number of nitrogens with zero attached hydrogens (tertiary/aromatic N) is 1. The normalized spacial score (nSPS) is 21.3. The Hall–Kier alpha value is -2.51. The van der Waals surface area contributed by atoms with Crippen LogP contribution in [-0.2, 0) is 28.1 Å². The molecule has 17 heteroatoms. The third-order valence-electron chi connectivity index (χ3n) is 4.45. The SMILES string of the molecule is CCO[C@H](C)OC1C[C@H](n2cc(C#CCNC(=O)C(F)(F)F)c(=O)[nH]c2=O)O[C@@H]1COP(=O)(O)O. The molecule has 1 aliphatic rings. The Kier molecular flexibility index (Phi) is 9.81. The molecule has 1 aliphatic heterocycles. The van der Waals surface area contributed by atoms with Crippen LogP contribution in [0.25, 0.3) is 0 Å². The van der Waals surface area contributed by atoms with Crippen LogP contribution in [0.3, 0.4) is 0 Å². The van der Waals surface area contributed by atoms with E-state index in [1.165, 1.54) is 5.32 Å². The van der Waals surface area contributed by atoms with Crippen LogP contribution in [0.4, 0.5) is 13.2 Å². The molecule has 2 heterocycles. The summed E-state index contributed by atoms with van der Waals surface area (Å²) in [5.41, 5.74) is -2.16. The molecule has 1 saturated heterocycles. The number of hydrogen-bond donors (Lipinski definition) is 4.